The zero-order valence-electron chi connectivity index (χ0n) is 17.1. The zero-order chi connectivity index (χ0) is 20.1. The molecule has 1 N–H and O–H groups in total. The molecule has 0 saturated carbocycles. The van der Waals surface area contributed by atoms with E-state index >= 15 is 0 Å². The number of rotatable bonds is 4. The Kier molecular flexibility index (Phi) is 4.51. The highest BCUT2D eigenvalue weighted by Crippen LogP contribution is 2.34. The molecule has 158 valence electrons. The number of hydroxylamine groups is 2. The highest BCUT2D eigenvalue weighted by Gasteiger charge is 2.30. The van der Waals surface area contributed by atoms with E-state index in [4.69, 9.17) is 14.6 Å². The van der Waals surface area contributed by atoms with E-state index in [-0.39, 0.29) is 5.91 Å². The fourth-order valence-corrected chi connectivity index (χ4v) is 4.77. The van der Waals surface area contributed by atoms with Crippen molar-refractivity contribution in [3.05, 3.63) is 40.7 Å². The number of epoxide rings is 1. The molecule has 2 saturated heterocycles. The number of carbonyl (C=O) groups excluding carboxylic acids is 1. The number of pyridine rings is 1. The predicted molar refractivity (Wildman–Crippen MR) is 110 cm³/mol. The number of likely N-dealkylation sites (tertiary alicyclic amines) is 1. The Morgan fingerprint density at radius 1 is 1.17 bits per heavy atom. The summed E-state index contributed by atoms with van der Waals surface area (Å²) in [6, 6.07) is 4.27. The molecule has 1 amide bonds. The molecule has 4 aliphatic rings. The minimum atomic E-state index is 0.118. The molecule has 1 unspecified atom stereocenters. The monoisotopic (exact) mass is 409 g/mol. The lowest BCUT2D eigenvalue weighted by atomic mass is 10.0. The van der Waals surface area contributed by atoms with Gasteiger partial charge in [0.1, 0.15) is 18.2 Å². The molecule has 2 aromatic rings. The standard InChI is InChI=1S/C22H27N5O3/c28-22(25-5-1-2-6-25)16-8-15-4-3-7-27(21(15)23-10-16)20-9-17-11-26(12-18-13-29-18)30-14-19(17)24-20/h8-10,18,24H,1-7,11-14H2. The van der Waals surface area contributed by atoms with E-state index in [0.717, 1.165) is 93.5 Å². The number of hydrogen-bond acceptors (Lipinski definition) is 6. The SMILES string of the molecule is O=C(c1cnc2c(c1)CCCN2c1cc2c([nH]1)CON(CC1CO1)C2)N1CCCC1. The molecule has 8 nitrogen and oxygen atoms in total. The number of amides is 1. The lowest BCUT2D eigenvalue weighted by molar-refractivity contribution is -0.189. The molecule has 2 fully saturated rings. The summed E-state index contributed by atoms with van der Waals surface area (Å²) in [5.41, 5.74) is 4.27. The molecule has 6 rings (SSSR count). The van der Waals surface area contributed by atoms with Crippen molar-refractivity contribution in [3.8, 4) is 0 Å². The second kappa shape index (κ2) is 7.37. The molecule has 0 aliphatic carbocycles. The van der Waals surface area contributed by atoms with Gasteiger partial charge in [0.2, 0.25) is 0 Å². The molecule has 0 radical (unpaired) electrons. The van der Waals surface area contributed by atoms with Gasteiger partial charge in [-0.1, -0.05) is 0 Å². The Morgan fingerprint density at radius 3 is 2.87 bits per heavy atom. The van der Waals surface area contributed by atoms with Crippen molar-refractivity contribution < 1.29 is 14.4 Å². The molecule has 0 aromatic carbocycles. The molecular weight excluding hydrogens is 382 g/mol. The Hall–Kier alpha value is -2.42. The normalized spacial score (nSPS) is 23.4. The van der Waals surface area contributed by atoms with Crippen LogP contribution in [-0.4, -0.2) is 64.7 Å². The number of carbonyl (C=O) groups is 1. The van der Waals surface area contributed by atoms with Crippen LogP contribution in [0.25, 0.3) is 0 Å². The number of fused-ring (bicyclic) bond motifs is 2. The van der Waals surface area contributed by atoms with Crippen LogP contribution in [-0.2, 0) is 29.1 Å². The molecule has 30 heavy (non-hydrogen) atoms. The van der Waals surface area contributed by atoms with Crippen LogP contribution in [0.15, 0.2) is 18.3 Å². The van der Waals surface area contributed by atoms with E-state index in [9.17, 15) is 4.79 Å². The minimum absolute atomic E-state index is 0.118. The topological polar surface area (TPSA) is 77.2 Å². The Morgan fingerprint density at radius 2 is 2.03 bits per heavy atom. The van der Waals surface area contributed by atoms with Gasteiger partial charge in [-0.3, -0.25) is 9.63 Å². The average Bonchev–Trinajstić information content (AvgIpc) is 3.26. The van der Waals surface area contributed by atoms with E-state index in [1.807, 2.05) is 9.96 Å². The number of ether oxygens (including phenoxy) is 1. The number of nitrogens with zero attached hydrogens (tertiary/aromatic N) is 4. The third kappa shape index (κ3) is 3.38. The zero-order valence-corrected chi connectivity index (χ0v) is 17.1. The summed E-state index contributed by atoms with van der Waals surface area (Å²) in [5.74, 6) is 2.13. The maximum absolute atomic E-state index is 12.8. The summed E-state index contributed by atoms with van der Waals surface area (Å²) in [6.45, 7) is 5.62. The van der Waals surface area contributed by atoms with Gasteiger partial charge in [0.25, 0.3) is 5.91 Å². The van der Waals surface area contributed by atoms with Crippen molar-refractivity contribution >= 4 is 17.5 Å². The number of anilines is 2. The van der Waals surface area contributed by atoms with Gasteiger partial charge in [0, 0.05) is 31.5 Å². The number of aryl methyl sites for hydroxylation is 1. The lowest BCUT2D eigenvalue weighted by Crippen LogP contribution is -2.31. The van der Waals surface area contributed by atoms with Crippen LogP contribution in [0.4, 0.5) is 11.6 Å². The molecule has 1 atom stereocenters. The number of aromatic nitrogens is 2. The highest BCUT2D eigenvalue weighted by atomic mass is 16.7. The van der Waals surface area contributed by atoms with Crippen LogP contribution in [0.5, 0.6) is 0 Å². The first-order chi connectivity index (χ1) is 14.7. The maximum atomic E-state index is 12.8. The molecule has 6 heterocycles. The maximum Gasteiger partial charge on any atom is 0.255 e. The van der Waals surface area contributed by atoms with Crippen molar-refractivity contribution in [2.24, 2.45) is 0 Å². The van der Waals surface area contributed by atoms with Gasteiger partial charge in [0.05, 0.1) is 31.4 Å². The summed E-state index contributed by atoms with van der Waals surface area (Å²) in [5, 5.41) is 2.00. The lowest BCUT2D eigenvalue weighted by Gasteiger charge is -2.29. The van der Waals surface area contributed by atoms with Gasteiger partial charge in [-0.05, 0) is 48.9 Å². The summed E-state index contributed by atoms with van der Waals surface area (Å²) in [6.07, 6.45) is 6.27. The molecule has 0 spiro atoms. The van der Waals surface area contributed by atoms with E-state index in [0.29, 0.717) is 12.7 Å². The average molecular weight is 409 g/mol. The van der Waals surface area contributed by atoms with Crippen LogP contribution in [0.2, 0.25) is 0 Å². The van der Waals surface area contributed by atoms with Crippen molar-refractivity contribution in [1.29, 1.82) is 0 Å². The van der Waals surface area contributed by atoms with Gasteiger partial charge in [-0.25, -0.2) is 4.98 Å². The number of hydrogen-bond donors (Lipinski definition) is 1. The third-order valence-electron chi connectivity index (χ3n) is 6.48. The van der Waals surface area contributed by atoms with Crippen molar-refractivity contribution in [1.82, 2.24) is 19.9 Å². The molecule has 0 bridgehead atoms. The molecular formula is C22H27N5O3. The number of aromatic amines is 1. The second-order valence-electron chi connectivity index (χ2n) is 8.67. The van der Waals surface area contributed by atoms with E-state index in [1.54, 1.807) is 6.20 Å². The Bertz CT molecular complexity index is 964. The minimum Gasteiger partial charge on any atom is -0.372 e. The van der Waals surface area contributed by atoms with Crippen molar-refractivity contribution in [2.45, 2.75) is 44.9 Å². The first-order valence-electron chi connectivity index (χ1n) is 11.0. The summed E-state index contributed by atoms with van der Waals surface area (Å²) < 4.78 is 5.32. The fraction of sp³-hybridized carbons (Fsp3) is 0.545. The van der Waals surface area contributed by atoms with Crippen LogP contribution < -0.4 is 4.90 Å². The number of nitrogens with one attached hydrogen (secondary N) is 1. The van der Waals surface area contributed by atoms with E-state index in [1.165, 1.54) is 5.56 Å². The van der Waals surface area contributed by atoms with Gasteiger partial charge in [-0.15, -0.1) is 0 Å². The molecule has 8 heteroatoms. The van der Waals surface area contributed by atoms with Gasteiger partial charge in [-0.2, -0.15) is 5.06 Å². The van der Waals surface area contributed by atoms with Crippen LogP contribution in [0.1, 0.15) is 46.4 Å². The van der Waals surface area contributed by atoms with Crippen molar-refractivity contribution in [3.63, 3.8) is 0 Å². The van der Waals surface area contributed by atoms with Gasteiger partial charge < -0.3 is 19.5 Å². The fourth-order valence-electron chi connectivity index (χ4n) is 4.77. The Balaban J connectivity index is 1.24. The predicted octanol–water partition coefficient (Wildman–Crippen LogP) is 2.38. The summed E-state index contributed by atoms with van der Waals surface area (Å²) >= 11 is 0. The van der Waals surface area contributed by atoms with E-state index < -0.39 is 0 Å². The third-order valence-corrected chi connectivity index (χ3v) is 6.48. The molecule has 4 aliphatic heterocycles. The summed E-state index contributed by atoms with van der Waals surface area (Å²) in [4.78, 5) is 31.1. The van der Waals surface area contributed by atoms with Crippen LogP contribution >= 0.6 is 0 Å². The smallest absolute Gasteiger partial charge is 0.255 e. The first-order valence-corrected chi connectivity index (χ1v) is 11.0. The first kappa shape index (κ1) is 18.4. The molecule has 2 aromatic heterocycles. The van der Waals surface area contributed by atoms with E-state index in [2.05, 4.69) is 22.0 Å². The largest absolute Gasteiger partial charge is 0.372 e. The van der Waals surface area contributed by atoms with Crippen LogP contribution in [0, 0.1) is 0 Å². The quantitative estimate of drug-likeness (QED) is 0.782. The van der Waals surface area contributed by atoms with Crippen LogP contribution in [0.3, 0.4) is 0 Å². The van der Waals surface area contributed by atoms with Gasteiger partial charge >= 0.3 is 0 Å². The highest BCUT2D eigenvalue weighted by molar-refractivity contribution is 5.94. The van der Waals surface area contributed by atoms with Crippen molar-refractivity contribution in [2.75, 3.05) is 37.7 Å². The summed E-state index contributed by atoms with van der Waals surface area (Å²) in [7, 11) is 0. The number of H-pyrrole nitrogens is 1. The van der Waals surface area contributed by atoms with Gasteiger partial charge in [0.15, 0.2) is 0 Å². The second-order valence-corrected chi connectivity index (χ2v) is 8.67. The Labute approximate surface area is 175 Å².